The van der Waals surface area contributed by atoms with Gasteiger partial charge in [-0.2, -0.15) is 5.26 Å². The summed E-state index contributed by atoms with van der Waals surface area (Å²) in [7, 11) is 0. The van der Waals surface area contributed by atoms with Crippen molar-refractivity contribution in [1.29, 1.82) is 5.26 Å². The third-order valence-corrected chi connectivity index (χ3v) is 3.58. The Hall–Kier alpha value is -1.73. The van der Waals surface area contributed by atoms with Gasteiger partial charge in [-0.05, 0) is 24.1 Å². The number of aliphatic carboxylic acids is 1. The van der Waals surface area contributed by atoms with Gasteiger partial charge >= 0.3 is 5.97 Å². The van der Waals surface area contributed by atoms with Gasteiger partial charge in [0.1, 0.15) is 6.07 Å². The lowest BCUT2D eigenvalue weighted by atomic mass is 9.99. The van der Waals surface area contributed by atoms with Gasteiger partial charge < -0.3 is 10.0 Å². The van der Waals surface area contributed by atoms with Crippen LogP contribution < -0.4 is 4.90 Å². The number of hydrogen-bond acceptors (Lipinski definition) is 3. The van der Waals surface area contributed by atoms with Crippen molar-refractivity contribution in [1.82, 2.24) is 0 Å². The van der Waals surface area contributed by atoms with Gasteiger partial charge in [0.05, 0.1) is 17.2 Å². The Bertz CT molecular complexity index is 524. The predicted octanol–water partition coefficient (Wildman–Crippen LogP) is 2.37. The van der Waals surface area contributed by atoms with E-state index in [1.54, 1.807) is 18.2 Å². The summed E-state index contributed by atoms with van der Waals surface area (Å²) in [6.07, 6.45) is 0. The lowest BCUT2D eigenvalue weighted by molar-refractivity contribution is -0.142. The minimum Gasteiger partial charge on any atom is -0.481 e. The Labute approximate surface area is 110 Å². The van der Waals surface area contributed by atoms with Crippen molar-refractivity contribution in [3.63, 3.8) is 0 Å². The summed E-state index contributed by atoms with van der Waals surface area (Å²) in [5.41, 5.74) is 1.25. The second-order valence-corrected chi connectivity index (χ2v) is 5.04. The van der Waals surface area contributed by atoms with Crippen molar-refractivity contribution in [2.75, 3.05) is 18.0 Å². The van der Waals surface area contributed by atoms with E-state index in [-0.39, 0.29) is 11.8 Å². The van der Waals surface area contributed by atoms with Crippen LogP contribution in [0.3, 0.4) is 0 Å². The molecule has 0 radical (unpaired) electrons. The van der Waals surface area contributed by atoms with E-state index in [0.717, 1.165) is 5.69 Å². The van der Waals surface area contributed by atoms with Crippen LogP contribution in [0.2, 0.25) is 5.02 Å². The molecule has 5 heteroatoms. The van der Waals surface area contributed by atoms with E-state index >= 15 is 0 Å². The van der Waals surface area contributed by atoms with E-state index in [9.17, 15) is 4.79 Å². The molecule has 0 saturated carbocycles. The lowest BCUT2D eigenvalue weighted by Crippen LogP contribution is -2.23. The number of carbonyl (C=O) groups is 1. The molecule has 1 fully saturated rings. The van der Waals surface area contributed by atoms with Gasteiger partial charge in [-0.15, -0.1) is 0 Å². The molecule has 2 atom stereocenters. The predicted molar refractivity (Wildman–Crippen MR) is 68.7 cm³/mol. The fourth-order valence-electron chi connectivity index (χ4n) is 2.36. The maximum Gasteiger partial charge on any atom is 0.308 e. The summed E-state index contributed by atoms with van der Waals surface area (Å²) in [6, 6.07) is 7.20. The number of anilines is 1. The second-order valence-electron chi connectivity index (χ2n) is 4.60. The first-order chi connectivity index (χ1) is 8.52. The molecule has 0 bridgehead atoms. The van der Waals surface area contributed by atoms with Crippen LogP contribution in [0.5, 0.6) is 0 Å². The highest BCUT2D eigenvalue weighted by Gasteiger charge is 2.35. The minimum absolute atomic E-state index is 0.0738. The molecule has 1 aliphatic heterocycles. The van der Waals surface area contributed by atoms with Crippen LogP contribution in [-0.4, -0.2) is 24.2 Å². The summed E-state index contributed by atoms with van der Waals surface area (Å²) in [5, 5.41) is 18.7. The molecule has 0 spiro atoms. The quantitative estimate of drug-likeness (QED) is 0.891. The number of hydrogen-bond donors (Lipinski definition) is 1. The molecule has 1 aromatic carbocycles. The third kappa shape index (κ3) is 2.27. The molecular formula is C13H13ClN2O2. The SMILES string of the molecule is C[C@@H]1CN(c2ccc(Cl)cc2C#N)C[C@H]1C(=O)O. The highest BCUT2D eigenvalue weighted by molar-refractivity contribution is 6.30. The average Bonchev–Trinajstić information content (AvgIpc) is 2.71. The van der Waals surface area contributed by atoms with Crippen LogP contribution in [0.1, 0.15) is 12.5 Å². The Balaban J connectivity index is 2.29. The number of halogens is 1. The highest BCUT2D eigenvalue weighted by Crippen LogP contribution is 2.31. The van der Waals surface area contributed by atoms with Crippen molar-refractivity contribution >= 4 is 23.3 Å². The number of benzene rings is 1. The lowest BCUT2D eigenvalue weighted by Gasteiger charge is -2.19. The Morgan fingerprint density at radius 3 is 2.83 bits per heavy atom. The normalized spacial score (nSPS) is 22.8. The van der Waals surface area contributed by atoms with Gasteiger partial charge in [0.15, 0.2) is 0 Å². The first kappa shape index (κ1) is 12.7. The van der Waals surface area contributed by atoms with Crippen molar-refractivity contribution in [3.05, 3.63) is 28.8 Å². The third-order valence-electron chi connectivity index (χ3n) is 3.35. The molecule has 94 valence electrons. The molecular weight excluding hydrogens is 252 g/mol. The minimum atomic E-state index is -0.780. The standard InChI is InChI=1S/C13H13ClN2O2/c1-8-6-16(7-11(8)13(17)18)12-3-2-10(14)4-9(12)5-15/h2-4,8,11H,6-7H2,1H3,(H,17,18)/t8-,11-/m1/s1. The zero-order chi connectivity index (χ0) is 13.3. The van der Waals surface area contributed by atoms with Gasteiger partial charge in [0, 0.05) is 18.1 Å². The summed E-state index contributed by atoms with van der Waals surface area (Å²) in [5.74, 6) is -1.09. The summed E-state index contributed by atoms with van der Waals surface area (Å²) in [4.78, 5) is 13.0. The molecule has 1 saturated heterocycles. The highest BCUT2D eigenvalue weighted by atomic mass is 35.5. The van der Waals surface area contributed by atoms with E-state index in [1.165, 1.54) is 0 Å². The second kappa shape index (κ2) is 4.87. The number of nitrogens with zero attached hydrogens (tertiary/aromatic N) is 2. The topological polar surface area (TPSA) is 64.3 Å². The van der Waals surface area contributed by atoms with Gasteiger partial charge in [-0.25, -0.2) is 0 Å². The van der Waals surface area contributed by atoms with E-state index in [1.807, 2.05) is 11.8 Å². The molecule has 1 aliphatic rings. The zero-order valence-electron chi connectivity index (χ0n) is 9.93. The van der Waals surface area contributed by atoms with Crippen LogP contribution in [0.4, 0.5) is 5.69 Å². The van der Waals surface area contributed by atoms with Crippen LogP contribution in [0.25, 0.3) is 0 Å². The maximum absolute atomic E-state index is 11.1. The van der Waals surface area contributed by atoms with Crippen molar-refractivity contribution in [2.24, 2.45) is 11.8 Å². The van der Waals surface area contributed by atoms with E-state index in [0.29, 0.717) is 23.7 Å². The molecule has 0 amide bonds. The summed E-state index contributed by atoms with van der Waals surface area (Å²) in [6.45, 7) is 3.00. The molecule has 1 heterocycles. The van der Waals surface area contributed by atoms with Gasteiger partial charge in [-0.3, -0.25) is 4.79 Å². The van der Waals surface area contributed by atoms with Crippen molar-refractivity contribution in [3.8, 4) is 6.07 Å². The van der Waals surface area contributed by atoms with Crippen LogP contribution in [0, 0.1) is 23.2 Å². The van der Waals surface area contributed by atoms with Crippen LogP contribution >= 0.6 is 11.6 Å². The molecule has 0 aliphatic carbocycles. The largest absolute Gasteiger partial charge is 0.481 e. The Morgan fingerprint density at radius 2 is 2.28 bits per heavy atom. The van der Waals surface area contributed by atoms with Crippen LogP contribution in [-0.2, 0) is 4.79 Å². The smallest absolute Gasteiger partial charge is 0.308 e. The number of rotatable bonds is 2. The van der Waals surface area contributed by atoms with Gasteiger partial charge in [0.2, 0.25) is 0 Å². The molecule has 4 nitrogen and oxygen atoms in total. The monoisotopic (exact) mass is 264 g/mol. The number of nitriles is 1. The number of carboxylic acids is 1. The van der Waals surface area contributed by atoms with Crippen molar-refractivity contribution < 1.29 is 9.90 Å². The first-order valence-electron chi connectivity index (χ1n) is 5.70. The first-order valence-corrected chi connectivity index (χ1v) is 6.08. The van der Waals surface area contributed by atoms with Crippen molar-refractivity contribution in [2.45, 2.75) is 6.92 Å². The molecule has 18 heavy (non-hydrogen) atoms. The number of carboxylic acid groups (broad SMARTS) is 1. The van der Waals surface area contributed by atoms with E-state index in [4.69, 9.17) is 22.0 Å². The Kier molecular flexibility index (Phi) is 3.44. The van der Waals surface area contributed by atoms with Crippen LogP contribution in [0.15, 0.2) is 18.2 Å². The molecule has 0 unspecified atom stereocenters. The molecule has 2 rings (SSSR count). The fraction of sp³-hybridized carbons (Fsp3) is 0.385. The fourth-order valence-corrected chi connectivity index (χ4v) is 2.53. The average molecular weight is 265 g/mol. The van der Waals surface area contributed by atoms with Gasteiger partial charge in [0.25, 0.3) is 0 Å². The Morgan fingerprint density at radius 1 is 1.56 bits per heavy atom. The zero-order valence-corrected chi connectivity index (χ0v) is 10.7. The molecule has 1 aromatic rings. The van der Waals surface area contributed by atoms with Gasteiger partial charge in [-0.1, -0.05) is 18.5 Å². The summed E-state index contributed by atoms with van der Waals surface area (Å²) < 4.78 is 0. The summed E-state index contributed by atoms with van der Waals surface area (Å²) >= 11 is 5.85. The van der Waals surface area contributed by atoms with E-state index in [2.05, 4.69) is 6.07 Å². The molecule has 0 aromatic heterocycles. The van der Waals surface area contributed by atoms with E-state index < -0.39 is 5.97 Å². The molecule has 1 N–H and O–H groups in total. The maximum atomic E-state index is 11.1.